The largest absolute Gasteiger partial charge is 0.497 e. The molecule has 2 aromatic carbocycles. The highest BCUT2D eigenvalue weighted by atomic mass is 19.4. The summed E-state index contributed by atoms with van der Waals surface area (Å²) in [6.07, 6.45) is -3.54. The Kier molecular flexibility index (Phi) is 7.26. The van der Waals surface area contributed by atoms with Gasteiger partial charge in [0.05, 0.1) is 7.11 Å². The Balaban J connectivity index is 0.000000383. The van der Waals surface area contributed by atoms with Gasteiger partial charge in [0.15, 0.2) is 0 Å². The first-order chi connectivity index (χ1) is 15.5. The molecule has 2 heterocycles. The molecule has 2 fully saturated rings. The molecule has 2 aromatic rings. The number of carbonyl (C=O) groups is 2. The number of hydrogen-bond donors (Lipinski definition) is 1. The Bertz CT molecular complexity index is 997. The van der Waals surface area contributed by atoms with Gasteiger partial charge in [-0.15, -0.1) is 0 Å². The van der Waals surface area contributed by atoms with Crippen molar-refractivity contribution >= 4 is 17.6 Å². The lowest BCUT2D eigenvalue weighted by molar-refractivity contribution is -0.192. The molecule has 33 heavy (non-hydrogen) atoms. The van der Waals surface area contributed by atoms with Crippen LogP contribution in [0.15, 0.2) is 48.5 Å². The van der Waals surface area contributed by atoms with Crippen LogP contribution in [-0.2, 0) is 16.1 Å². The highest BCUT2D eigenvalue weighted by molar-refractivity contribution is 5.96. The van der Waals surface area contributed by atoms with E-state index in [1.807, 2.05) is 18.2 Å². The summed E-state index contributed by atoms with van der Waals surface area (Å²) >= 11 is 0. The molecular formula is C23H24F4N2O4. The van der Waals surface area contributed by atoms with E-state index in [9.17, 15) is 22.4 Å². The maximum atomic E-state index is 13.5. The summed E-state index contributed by atoms with van der Waals surface area (Å²) < 4.78 is 50.5. The quantitative estimate of drug-likeness (QED) is 0.685. The van der Waals surface area contributed by atoms with E-state index in [1.165, 1.54) is 17.7 Å². The number of methoxy groups -OCH3 is 1. The van der Waals surface area contributed by atoms with E-state index in [0.717, 1.165) is 31.8 Å². The molecule has 0 aliphatic carbocycles. The molecule has 0 radical (unpaired) electrons. The lowest BCUT2D eigenvalue weighted by atomic mass is 9.86. The maximum absolute atomic E-state index is 13.5. The zero-order chi connectivity index (χ0) is 24.2. The summed E-state index contributed by atoms with van der Waals surface area (Å²) in [6, 6.07) is 14.5. The van der Waals surface area contributed by atoms with Gasteiger partial charge in [-0.2, -0.15) is 13.2 Å². The van der Waals surface area contributed by atoms with Crippen LogP contribution in [0.1, 0.15) is 18.4 Å². The van der Waals surface area contributed by atoms with E-state index < -0.39 is 12.1 Å². The first kappa shape index (κ1) is 24.5. The zero-order valence-electron chi connectivity index (χ0n) is 17.9. The third-order valence-corrected chi connectivity index (χ3v) is 5.77. The average Bonchev–Trinajstić information content (AvgIpc) is 3.30. The van der Waals surface area contributed by atoms with Crippen LogP contribution in [0.2, 0.25) is 0 Å². The van der Waals surface area contributed by atoms with Crippen LogP contribution in [0, 0.1) is 11.2 Å². The number of ether oxygens (including phenoxy) is 1. The molecule has 0 aromatic heterocycles. The molecule has 6 nitrogen and oxygen atoms in total. The molecule has 2 aliphatic heterocycles. The fraction of sp³-hybridized carbons (Fsp3) is 0.391. The number of amides is 1. The van der Waals surface area contributed by atoms with E-state index in [2.05, 4.69) is 17.0 Å². The van der Waals surface area contributed by atoms with E-state index in [-0.39, 0.29) is 17.1 Å². The van der Waals surface area contributed by atoms with Gasteiger partial charge in [0, 0.05) is 37.2 Å². The van der Waals surface area contributed by atoms with Gasteiger partial charge in [-0.3, -0.25) is 9.69 Å². The summed E-state index contributed by atoms with van der Waals surface area (Å²) in [4.78, 5) is 25.6. The third-order valence-electron chi connectivity index (χ3n) is 5.77. The lowest BCUT2D eigenvalue weighted by Crippen LogP contribution is -2.31. The minimum absolute atomic E-state index is 0.0180. The molecule has 1 spiro atoms. The van der Waals surface area contributed by atoms with Gasteiger partial charge in [-0.25, -0.2) is 9.18 Å². The normalized spacial score (nSPS) is 20.6. The van der Waals surface area contributed by atoms with Gasteiger partial charge in [0.1, 0.15) is 11.6 Å². The molecule has 1 unspecified atom stereocenters. The highest BCUT2D eigenvalue weighted by Crippen LogP contribution is 2.42. The number of aliphatic carboxylic acids is 1. The highest BCUT2D eigenvalue weighted by Gasteiger charge is 2.47. The fourth-order valence-corrected chi connectivity index (χ4v) is 4.20. The molecule has 1 amide bonds. The Labute approximate surface area is 188 Å². The number of anilines is 1. The van der Waals surface area contributed by atoms with Crippen molar-refractivity contribution in [3.8, 4) is 5.75 Å². The van der Waals surface area contributed by atoms with Crippen LogP contribution < -0.4 is 9.64 Å². The molecule has 178 valence electrons. The first-order valence-electron chi connectivity index (χ1n) is 10.2. The Morgan fingerprint density at radius 2 is 1.82 bits per heavy atom. The third kappa shape index (κ3) is 6.22. The van der Waals surface area contributed by atoms with E-state index in [0.29, 0.717) is 18.7 Å². The van der Waals surface area contributed by atoms with Crippen molar-refractivity contribution < 1.29 is 37.0 Å². The van der Waals surface area contributed by atoms with Crippen LogP contribution in [0.4, 0.5) is 23.2 Å². The zero-order valence-corrected chi connectivity index (χ0v) is 17.9. The molecule has 1 N–H and O–H groups in total. The summed E-state index contributed by atoms with van der Waals surface area (Å²) in [6.45, 7) is 3.43. The van der Waals surface area contributed by atoms with Crippen molar-refractivity contribution in [1.82, 2.24) is 4.90 Å². The van der Waals surface area contributed by atoms with Gasteiger partial charge in [0.25, 0.3) is 0 Å². The van der Waals surface area contributed by atoms with Crippen LogP contribution in [0.5, 0.6) is 5.75 Å². The summed E-state index contributed by atoms with van der Waals surface area (Å²) in [5.41, 5.74) is 1.89. The van der Waals surface area contributed by atoms with Gasteiger partial charge in [0.2, 0.25) is 5.91 Å². The SMILES string of the molecule is COc1ccc(CN2CCC3(CC(=O)N(c4cccc(F)c4)C3)C2)cc1.O=C(O)C(F)(F)F. The van der Waals surface area contributed by atoms with Crippen molar-refractivity contribution in [2.45, 2.75) is 25.6 Å². The molecule has 10 heteroatoms. The fourth-order valence-electron chi connectivity index (χ4n) is 4.20. The lowest BCUT2D eigenvalue weighted by Gasteiger charge is -2.24. The van der Waals surface area contributed by atoms with Gasteiger partial charge >= 0.3 is 12.1 Å². The number of halogens is 4. The average molecular weight is 468 g/mol. The van der Waals surface area contributed by atoms with Crippen molar-refractivity contribution in [3.63, 3.8) is 0 Å². The molecule has 2 saturated heterocycles. The number of carboxylic acids is 1. The Morgan fingerprint density at radius 1 is 1.15 bits per heavy atom. The second-order valence-corrected chi connectivity index (χ2v) is 8.25. The maximum Gasteiger partial charge on any atom is 0.490 e. The van der Waals surface area contributed by atoms with E-state index in [1.54, 1.807) is 18.1 Å². The molecule has 0 saturated carbocycles. The molecule has 0 bridgehead atoms. The number of carbonyl (C=O) groups excluding carboxylic acids is 1. The molecular weight excluding hydrogens is 444 g/mol. The molecule has 4 rings (SSSR count). The number of carboxylic acid groups (broad SMARTS) is 1. The van der Waals surface area contributed by atoms with Crippen molar-refractivity contribution in [1.29, 1.82) is 0 Å². The van der Waals surface area contributed by atoms with Gasteiger partial charge in [-0.05, 0) is 48.9 Å². The second kappa shape index (κ2) is 9.78. The molecule has 1 atom stereocenters. The number of rotatable bonds is 4. The van der Waals surface area contributed by atoms with Crippen LogP contribution >= 0.6 is 0 Å². The standard InChI is InChI=1S/C21H23FN2O2.C2HF3O2/c1-26-19-7-5-16(6-8-19)13-23-10-9-21(14-23)12-20(25)24(15-21)18-4-2-3-17(22)11-18;3-2(4,5)1(6)7/h2-8,11H,9-10,12-15H2,1H3;(H,6,7). The van der Waals surface area contributed by atoms with Gasteiger partial charge in [-0.1, -0.05) is 18.2 Å². The van der Waals surface area contributed by atoms with Crippen molar-refractivity contribution in [3.05, 3.63) is 59.9 Å². The number of likely N-dealkylation sites (tertiary alicyclic amines) is 1. The topological polar surface area (TPSA) is 70.1 Å². The predicted octanol–water partition coefficient (Wildman–Crippen LogP) is 4.10. The van der Waals surface area contributed by atoms with E-state index in [4.69, 9.17) is 14.6 Å². The van der Waals surface area contributed by atoms with Gasteiger partial charge < -0.3 is 14.7 Å². The van der Waals surface area contributed by atoms with Crippen molar-refractivity contribution in [2.24, 2.45) is 5.41 Å². The number of benzene rings is 2. The molecule has 2 aliphatic rings. The first-order valence-corrected chi connectivity index (χ1v) is 10.2. The number of alkyl halides is 3. The van der Waals surface area contributed by atoms with Crippen molar-refractivity contribution in [2.75, 3.05) is 31.6 Å². The summed E-state index contributed by atoms with van der Waals surface area (Å²) in [7, 11) is 1.67. The Morgan fingerprint density at radius 3 is 2.39 bits per heavy atom. The number of hydrogen-bond acceptors (Lipinski definition) is 4. The Hall–Kier alpha value is -3.14. The minimum atomic E-state index is -5.08. The van der Waals surface area contributed by atoms with Crippen LogP contribution in [0.3, 0.4) is 0 Å². The number of nitrogens with zero attached hydrogens (tertiary/aromatic N) is 2. The summed E-state index contributed by atoms with van der Waals surface area (Å²) in [5, 5.41) is 7.12. The second-order valence-electron chi connectivity index (χ2n) is 8.25. The van der Waals surface area contributed by atoms with Crippen LogP contribution in [-0.4, -0.2) is 54.8 Å². The van der Waals surface area contributed by atoms with Crippen LogP contribution in [0.25, 0.3) is 0 Å². The monoisotopic (exact) mass is 468 g/mol. The minimum Gasteiger partial charge on any atom is -0.497 e. The van der Waals surface area contributed by atoms with E-state index >= 15 is 0 Å². The summed E-state index contributed by atoms with van der Waals surface area (Å²) in [5.74, 6) is -2.10. The smallest absolute Gasteiger partial charge is 0.490 e. The predicted molar refractivity (Wildman–Crippen MR) is 112 cm³/mol.